The third-order valence-electron chi connectivity index (χ3n) is 22.4. The standard InChI is InChI=1S/C70H102O13S/c1-13-19-49-52(28-26-51-50(74-49)27-29-53-56(75-51)33-60-66(79-53)45(10)65-54(76-60)23-18-20-47(73-65)25-24-38(3)14-2)78-63(84-48-21-16-15-17-22-48)32-41(6)69(12)62(71)35-58-59(82-69)31-39(4)30-55-57(77-58)34-61-64(80-55)42(7)43(8)68-67(81-61)44(9)46(11)70(83-68)36-40(5)37-72-70/h13,15-18,20-22,24-29,38-47,49-68,71H,1,14,19,23,30-37H2,2-12H3/b25-24+/t38-,39-,40+,41-,42+,43+,44+,45-,46+,47-,49-,50+,51-,52+,53-,54+,55+,56+,57-,58+,59-,60-,61+,62-,63?,64-,65-,66+,67-,68+,69+,70-/m1/s1. The monoisotopic (exact) mass is 1180 g/mol. The molecular weight excluding hydrogens is 1080 g/mol. The molecule has 11 aliphatic rings. The summed E-state index contributed by atoms with van der Waals surface area (Å²) in [6.45, 7) is 29.8. The lowest BCUT2D eigenvalue weighted by Crippen LogP contribution is -2.62. The number of allylic oxidation sites excluding steroid dienone is 1. The van der Waals surface area contributed by atoms with E-state index in [1.807, 2.05) is 12.1 Å². The van der Waals surface area contributed by atoms with Crippen molar-refractivity contribution in [2.75, 3.05) is 6.61 Å². The molecule has 0 amide bonds. The summed E-state index contributed by atoms with van der Waals surface area (Å²) in [4.78, 5) is 1.10. The first-order valence-electron chi connectivity index (χ1n) is 33.0. The third kappa shape index (κ3) is 12.5. The first kappa shape index (κ1) is 62.0. The number of thioether (sulfide) groups is 1. The van der Waals surface area contributed by atoms with Gasteiger partial charge in [0.05, 0.1) is 110 Å². The summed E-state index contributed by atoms with van der Waals surface area (Å²) in [6, 6.07) is 10.5. The van der Waals surface area contributed by atoms with Crippen LogP contribution in [0, 0.1) is 53.3 Å². The van der Waals surface area contributed by atoms with Crippen LogP contribution in [0.1, 0.15) is 140 Å². The molecule has 32 atom stereocenters. The first-order valence-corrected chi connectivity index (χ1v) is 33.9. The molecule has 0 radical (unpaired) electrons. The van der Waals surface area contributed by atoms with Crippen molar-refractivity contribution in [3.8, 4) is 0 Å². The average molecular weight is 1180 g/mol. The minimum Gasteiger partial charge on any atom is -0.390 e. The first-order chi connectivity index (χ1) is 40.4. The van der Waals surface area contributed by atoms with Gasteiger partial charge >= 0.3 is 0 Å². The van der Waals surface area contributed by atoms with Gasteiger partial charge in [-0.25, -0.2) is 0 Å². The van der Waals surface area contributed by atoms with Gasteiger partial charge in [-0.05, 0) is 92.6 Å². The number of rotatable bonds is 12. The van der Waals surface area contributed by atoms with Gasteiger partial charge in [0.1, 0.15) is 29.9 Å². The molecule has 13 nitrogen and oxygen atoms in total. The summed E-state index contributed by atoms with van der Waals surface area (Å²) in [5, 5.41) is 12.5. The van der Waals surface area contributed by atoms with E-state index in [9.17, 15) is 5.11 Å². The van der Waals surface area contributed by atoms with Gasteiger partial charge in [-0.2, -0.15) is 0 Å². The molecule has 8 saturated heterocycles. The van der Waals surface area contributed by atoms with Gasteiger partial charge in [0.2, 0.25) is 0 Å². The molecule has 0 aliphatic carbocycles. The lowest BCUT2D eigenvalue weighted by molar-refractivity contribution is -0.335. The fourth-order valence-electron chi connectivity index (χ4n) is 16.5. The molecule has 0 saturated carbocycles. The Bertz CT molecular complexity index is 2490. The lowest BCUT2D eigenvalue weighted by atomic mass is 9.73. The van der Waals surface area contributed by atoms with Crippen LogP contribution in [0.25, 0.3) is 0 Å². The van der Waals surface area contributed by atoms with Crippen molar-refractivity contribution in [2.24, 2.45) is 53.3 Å². The van der Waals surface area contributed by atoms with Crippen LogP contribution in [0.4, 0.5) is 0 Å². The SMILES string of the molecule is C=CC[C@H]1O[C@H]2C=C[C@H]3O[C@H]4[C@H](C)[C@H]5O[C@@H](/C=C/[C@H](C)CC)C=CC[C@@H]5O[C@@H]4C[C@@H]3O[C@@H]2C=C[C@@H]1OC(C[C@@H](C)[C@]1(C)O[C@@H]2C[C@H](C)C[C@@H]3O[C@@H]4[C@@H](C)[C@H](C)[C@@H]5O[C@]6(C[C@H](C)CO6)[C@@H](C)[C@H](C)[C@H]5O[C@H]4C[C@H]3O[C@H]2C[C@H]1O)Sc1ccccc1. The molecule has 11 heterocycles. The zero-order chi connectivity index (χ0) is 58.8. The maximum atomic E-state index is 12.5. The Morgan fingerprint density at radius 2 is 1.32 bits per heavy atom. The second-order valence-corrected chi connectivity index (χ2v) is 29.6. The summed E-state index contributed by atoms with van der Waals surface area (Å²) >= 11 is 1.70. The molecule has 0 bridgehead atoms. The predicted octanol–water partition coefficient (Wildman–Crippen LogP) is 12.3. The number of aliphatic hydroxyl groups excluding tert-OH is 1. The maximum absolute atomic E-state index is 12.5. The number of benzene rings is 1. The number of aliphatic hydroxyl groups is 1. The molecule has 1 spiro atoms. The van der Waals surface area contributed by atoms with Gasteiger partial charge in [0, 0.05) is 42.4 Å². The van der Waals surface area contributed by atoms with Crippen LogP contribution < -0.4 is 0 Å². The van der Waals surface area contributed by atoms with E-state index in [1.165, 1.54) is 0 Å². The molecule has 1 aromatic rings. The fourth-order valence-corrected chi connectivity index (χ4v) is 17.7. The quantitative estimate of drug-likeness (QED) is 0.121. The van der Waals surface area contributed by atoms with Crippen LogP contribution in [0.15, 0.2) is 96.5 Å². The third-order valence-corrected chi connectivity index (χ3v) is 23.5. The van der Waals surface area contributed by atoms with E-state index in [0.29, 0.717) is 43.4 Å². The van der Waals surface area contributed by atoms with E-state index in [2.05, 4.69) is 156 Å². The number of ether oxygens (including phenoxy) is 12. The van der Waals surface area contributed by atoms with Crippen LogP contribution in [0.3, 0.4) is 0 Å². The summed E-state index contributed by atoms with van der Waals surface area (Å²) in [5.41, 5.74) is -1.20. The van der Waals surface area contributed by atoms with Gasteiger partial charge in [-0.1, -0.05) is 160 Å². The second-order valence-electron chi connectivity index (χ2n) is 28.3. The number of fused-ring (bicyclic) bond motifs is 8. The highest BCUT2D eigenvalue weighted by Gasteiger charge is 2.61. The topological polar surface area (TPSA) is 131 Å². The van der Waals surface area contributed by atoms with Crippen molar-refractivity contribution >= 4 is 11.8 Å². The van der Waals surface area contributed by atoms with Gasteiger partial charge in [-0.15, -0.1) is 6.58 Å². The molecule has 84 heavy (non-hydrogen) atoms. The molecule has 1 aromatic carbocycles. The van der Waals surface area contributed by atoms with Crippen molar-refractivity contribution in [1.29, 1.82) is 0 Å². The predicted molar refractivity (Wildman–Crippen MR) is 324 cm³/mol. The highest BCUT2D eigenvalue weighted by Crippen LogP contribution is 2.53. The van der Waals surface area contributed by atoms with Gasteiger partial charge in [0.25, 0.3) is 0 Å². The molecule has 11 aliphatic heterocycles. The van der Waals surface area contributed by atoms with Crippen LogP contribution in [-0.4, -0.2) is 151 Å². The van der Waals surface area contributed by atoms with E-state index >= 15 is 0 Å². The maximum Gasteiger partial charge on any atom is 0.171 e. The van der Waals surface area contributed by atoms with Crippen molar-refractivity contribution in [2.45, 2.75) is 284 Å². The summed E-state index contributed by atoms with van der Waals surface area (Å²) < 4.78 is 84.8. The van der Waals surface area contributed by atoms with Gasteiger partial charge in [-0.3, -0.25) is 0 Å². The smallest absolute Gasteiger partial charge is 0.171 e. The summed E-state index contributed by atoms with van der Waals surface area (Å²) in [5.74, 6) is 1.63. The Labute approximate surface area is 507 Å². The lowest BCUT2D eigenvalue weighted by Gasteiger charge is -2.53. The Morgan fingerprint density at radius 3 is 2.10 bits per heavy atom. The van der Waals surface area contributed by atoms with E-state index < -0.39 is 23.6 Å². The van der Waals surface area contributed by atoms with Crippen LogP contribution in [0.5, 0.6) is 0 Å². The molecular formula is C70H102O13S. The van der Waals surface area contributed by atoms with Crippen molar-refractivity contribution in [3.05, 3.63) is 91.6 Å². The number of hydrogen-bond donors (Lipinski definition) is 1. The van der Waals surface area contributed by atoms with Crippen LogP contribution >= 0.6 is 11.8 Å². The largest absolute Gasteiger partial charge is 0.390 e. The Balaban J connectivity index is 0.714. The summed E-state index contributed by atoms with van der Waals surface area (Å²) in [6.07, 6.45) is 22.6. The van der Waals surface area contributed by atoms with Gasteiger partial charge in [0.15, 0.2) is 5.79 Å². The van der Waals surface area contributed by atoms with E-state index in [0.717, 1.165) is 50.0 Å². The Morgan fingerprint density at radius 1 is 0.655 bits per heavy atom. The minimum absolute atomic E-state index is 0.0530. The Kier molecular flexibility index (Phi) is 19.1. The molecule has 0 aromatic heterocycles. The van der Waals surface area contributed by atoms with Crippen molar-refractivity contribution < 1.29 is 61.9 Å². The van der Waals surface area contributed by atoms with Gasteiger partial charge < -0.3 is 61.9 Å². The molecule has 8 fully saturated rings. The average Bonchev–Trinajstić information content (AvgIpc) is 1.60. The van der Waals surface area contributed by atoms with E-state index in [4.69, 9.17) is 56.8 Å². The summed E-state index contributed by atoms with van der Waals surface area (Å²) in [7, 11) is 0. The molecule has 1 unspecified atom stereocenters. The normalized spacial score (nSPS) is 50.1. The van der Waals surface area contributed by atoms with E-state index in [1.54, 1.807) is 11.8 Å². The number of hydrogen-bond acceptors (Lipinski definition) is 14. The zero-order valence-corrected chi connectivity index (χ0v) is 53.0. The van der Waals surface area contributed by atoms with Crippen LogP contribution in [-0.2, 0) is 56.8 Å². The van der Waals surface area contributed by atoms with Crippen molar-refractivity contribution in [3.63, 3.8) is 0 Å². The second kappa shape index (κ2) is 25.9. The van der Waals surface area contributed by atoms with Crippen molar-refractivity contribution in [1.82, 2.24) is 0 Å². The molecule has 1 N–H and O–H groups in total. The fraction of sp³-hybridized carbons (Fsp3) is 0.771. The highest BCUT2D eigenvalue weighted by molar-refractivity contribution is 7.99. The molecule has 466 valence electrons. The highest BCUT2D eigenvalue weighted by atomic mass is 32.2. The Hall–Kier alpha value is -2.25. The van der Waals surface area contributed by atoms with E-state index in [-0.39, 0.29) is 151 Å². The molecule has 14 heteroatoms. The minimum atomic E-state index is -0.875. The zero-order valence-electron chi connectivity index (χ0n) is 52.1. The molecule has 12 rings (SSSR count). The van der Waals surface area contributed by atoms with Crippen LogP contribution in [0.2, 0.25) is 0 Å².